The second-order valence-electron chi connectivity index (χ2n) is 7.44. The van der Waals surface area contributed by atoms with Crippen LogP contribution in [0.4, 0.5) is 14.7 Å². The highest BCUT2D eigenvalue weighted by molar-refractivity contribution is 6.30. The molecule has 2 aromatic carbocycles. The molecule has 0 saturated heterocycles. The topological polar surface area (TPSA) is 84.7 Å². The highest BCUT2D eigenvalue weighted by Gasteiger charge is 2.24. The number of hydrogen-bond acceptors (Lipinski definition) is 6. The lowest BCUT2D eigenvalue weighted by molar-refractivity contribution is -0.127. The number of para-hydroxylation sites is 1. The monoisotopic (exact) mass is 482 g/mol. The zero-order valence-corrected chi connectivity index (χ0v) is 18.4. The zero-order valence-electron chi connectivity index (χ0n) is 17.7. The van der Waals surface area contributed by atoms with Crippen molar-refractivity contribution in [1.29, 1.82) is 0 Å². The Morgan fingerprint density at radius 3 is 2.79 bits per heavy atom. The molecule has 0 fully saturated rings. The number of halogens is 3. The number of allylic oxidation sites excluding steroid dienone is 2. The summed E-state index contributed by atoms with van der Waals surface area (Å²) in [7, 11) is 1.66. The van der Waals surface area contributed by atoms with Crippen molar-refractivity contribution >= 4 is 40.0 Å². The molecule has 3 heterocycles. The Morgan fingerprint density at radius 1 is 1.15 bits per heavy atom. The van der Waals surface area contributed by atoms with Crippen LogP contribution in [0.3, 0.4) is 0 Å². The molecular weight excluding hydrogens is 466 g/mol. The maximum absolute atomic E-state index is 13.0. The second-order valence-corrected chi connectivity index (χ2v) is 7.88. The first-order valence-corrected chi connectivity index (χ1v) is 10.6. The molecule has 1 aliphatic rings. The molecule has 1 atom stereocenters. The average molecular weight is 483 g/mol. The SMILES string of the molecule is CN1C=CC=C[C@H](Nc2nc3ccccc3c3nc(-c4ccc(Cl)cc4OC(F)F)nn23)C1=O. The van der Waals surface area contributed by atoms with Crippen molar-refractivity contribution in [2.75, 3.05) is 12.4 Å². The second kappa shape index (κ2) is 8.71. The highest BCUT2D eigenvalue weighted by Crippen LogP contribution is 2.33. The fraction of sp³-hybridized carbons (Fsp3) is 0.130. The van der Waals surface area contributed by atoms with E-state index in [-0.39, 0.29) is 34.0 Å². The summed E-state index contributed by atoms with van der Waals surface area (Å²) in [6.45, 7) is -3.05. The van der Waals surface area contributed by atoms with Crippen LogP contribution in [-0.4, -0.2) is 50.1 Å². The molecule has 1 N–H and O–H groups in total. The van der Waals surface area contributed by atoms with Gasteiger partial charge in [-0.1, -0.05) is 35.9 Å². The molecule has 5 rings (SSSR count). The van der Waals surface area contributed by atoms with Gasteiger partial charge in [-0.2, -0.15) is 13.3 Å². The van der Waals surface area contributed by atoms with Gasteiger partial charge in [-0.3, -0.25) is 4.79 Å². The molecular formula is C23H17ClF2N6O2. The Bertz CT molecular complexity index is 1470. The number of aromatic nitrogens is 4. The Morgan fingerprint density at radius 2 is 1.97 bits per heavy atom. The van der Waals surface area contributed by atoms with E-state index in [9.17, 15) is 13.6 Å². The number of rotatable bonds is 5. The normalized spacial score (nSPS) is 16.0. The van der Waals surface area contributed by atoms with E-state index in [4.69, 9.17) is 11.6 Å². The van der Waals surface area contributed by atoms with Gasteiger partial charge >= 0.3 is 6.61 Å². The predicted molar refractivity (Wildman–Crippen MR) is 124 cm³/mol. The number of alkyl halides is 2. The van der Waals surface area contributed by atoms with Gasteiger partial charge in [-0.15, -0.1) is 5.10 Å². The van der Waals surface area contributed by atoms with E-state index in [0.717, 1.165) is 0 Å². The summed E-state index contributed by atoms with van der Waals surface area (Å²) in [4.78, 5) is 23.4. The van der Waals surface area contributed by atoms with Crippen molar-refractivity contribution < 1.29 is 18.3 Å². The third-order valence-electron chi connectivity index (χ3n) is 5.20. The van der Waals surface area contributed by atoms with Crippen LogP contribution in [0.2, 0.25) is 5.02 Å². The predicted octanol–water partition coefficient (Wildman–Crippen LogP) is 4.52. The van der Waals surface area contributed by atoms with E-state index in [0.29, 0.717) is 16.6 Å². The summed E-state index contributed by atoms with van der Waals surface area (Å²) in [5.41, 5.74) is 1.28. The van der Waals surface area contributed by atoms with Gasteiger partial charge in [0.15, 0.2) is 11.5 Å². The van der Waals surface area contributed by atoms with Crippen molar-refractivity contribution in [2.45, 2.75) is 12.7 Å². The van der Waals surface area contributed by atoms with Gasteiger partial charge in [0.2, 0.25) is 5.95 Å². The molecule has 172 valence electrons. The van der Waals surface area contributed by atoms with Crippen LogP contribution in [0.15, 0.2) is 66.9 Å². The number of hydrogen-bond donors (Lipinski definition) is 1. The van der Waals surface area contributed by atoms with E-state index in [1.807, 2.05) is 18.2 Å². The first-order valence-electron chi connectivity index (χ1n) is 10.2. The minimum absolute atomic E-state index is 0.134. The van der Waals surface area contributed by atoms with Gasteiger partial charge in [0.1, 0.15) is 11.8 Å². The number of nitrogens with zero attached hydrogens (tertiary/aromatic N) is 5. The molecule has 0 spiro atoms. The lowest BCUT2D eigenvalue weighted by atomic mass is 10.2. The van der Waals surface area contributed by atoms with Crippen molar-refractivity contribution in [3.63, 3.8) is 0 Å². The molecule has 1 aliphatic heterocycles. The quantitative estimate of drug-likeness (QED) is 0.450. The number of ether oxygens (including phenoxy) is 1. The smallest absolute Gasteiger partial charge is 0.387 e. The van der Waals surface area contributed by atoms with Crippen LogP contribution in [0.25, 0.3) is 27.9 Å². The van der Waals surface area contributed by atoms with Crippen LogP contribution >= 0.6 is 11.6 Å². The minimum Gasteiger partial charge on any atom is -0.434 e. The van der Waals surface area contributed by atoms with Crippen molar-refractivity contribution in [3.05, 3.63) is 71.9 Å². The van der Waals surface area contributed by atoms with Gasteiger partial charge in [-0.25, -0.2) is 9.97 Å². The summed E-state index contributed by atoms with van der Waals surface area (Å²) in [5, 5.41) is 8.55. The maximum Gasteiger partial charge on any atom is 0.387 e. The largest absolute Gasteiger partial charge is 0.434 e. The van der Waals surface area contributed by atoms with E-state index in [1.165, 1.54) is 27.6 Å². The standard InChI is InChI=1S/C23H17ClF2N6O2/c1-31-11-5-4-8-17(21(31)33)28-23-27-16-7-3-2-6-14(16)20-29-19(30-32(20)23)15-10-9-13(24)12-18(15)34-22(25)26/h2-12,17,22H,1H3,(H,27,28)/t17-/m0/s1. The zero-order chi connectivity index (χ0) is 23.8. The summed E-state index contributed by atoms with van der Waals surface area (Å²) in [6.07, 6.45) is 6.87. The molecule has 11 heteroatoms. The number of benzene rings is 2. The van der Waals surface area contributed by atoms with E-state index >= 15 is 0 Å². The molecule has 0 unspecified atom stereocenters. The molecule has 0 saturated carbocycles. The number of fused-ring (bicyclic) bond motifs is 3. The van der Waals surface area contributed by atoms with Gasteiger partial charge < -0.3 is 15.0 Å². The van der Waals surface area contributed by atoms with Gasteiger partial charge in [0.25, 0.3) is 5.91 Å². The fourth-order valence-electron chi connectivity index (χ4n) is 3.62. The van der Waals surface area contributed by atoms with Crippen molar-refractivity contribution in [2.24, 2.45) is 0 Å². The van der Waals surface area contributed by atoms with E-state index in [2.05, 4.69) is 25.1 Å². The first-order chi connectivity index (χ1) is 16.4. The van der Waals surface area contributed by atoms with E-state index < -0.39 is 12.7 Å². The molecule has 1 amide bonds. The molecule has 2 aromatic heterocycles. The van der Waals surface area contributed by atoms with Crippen LogP contribution in [-0.2, 0) is 4.79 Å². The molecule has 0 aliphatic carbocycles. The first kappa shape index (κ1) is 21.8. The van der Waals surface area contributed by atoms with Crippen LogP contribution in [0, 0.1) is 0 Å². The highest BCUT2D eigenvalue weighted by atomic mass is 35.5. The Kier molecular flexibility index (Phi) is 5.58. The number of anilines is 1. The lowest BCUT2D eigenvalue weighted by Crippen LogP contribution is -2.37. The van der Waals surface area contributed by atoms with Crippen LogP contribution in [0.1, 0.15) is 0 Å². The summed E-state index contributed by atoms with van der Waals surface area (Å²) in [5.74, 6) is 0.0459. The summed E-state index contributed by atoms with van der Waals surface area (Å²) in [6, 6.07) is 10.9. The van der Waals surface area contributed by atoms with Crippen LogP contribution in [0.5, 0.6) is 5.75 Å². The molecule has 8 nitrogen and oxygen atoms in total. The minimum atomic E-state index is -3.05. The lowest BCUT2D eigenvalue weighted by Gasteiger charge is -2.19. The van der Waals surface area contributed by atoms with Crippen LogP contribution < -0.4 is 10.1 Å². The molecule has 0 radical (unpaired) electrons. The molecule has 0 bridgehead atoms. The summed E-state index contributed by atoms with van der Waals surface area (Å²) < 4.78 is 32.1. The average Bonchev–Trinajstić information content (AvgIpc) is 3.19. The maximum atomic E-state index is 13.0. The number of carbonyl (C=O) groups is 1. The van der Waals surface area contributed by atoms with Gasteiger partial charge in [-0.05, 0) is 36.4 Å². The Hall–Kier alpha value is -4.05. The van der Waals surface area contributed by atoms with Crippen molar-refractivity contribution in [1.82, 2.24) is 24.5 Å². The van der Waals surface area contributed by atoms with Gasteiger partial charge in [0, 0.05) is 23.7 Å². The fourth-order valence-corrected chi connectivity index (χ4v) is 3.78. The third-order valence-corrected chi connectivity index (χ3v) is 5.44. The van der Waals surface area contributed by atoms with E-state index in [1.54, 1.807) is 37.5 Å². The summed E-state index contributed by atoms with van der Waals surface area (Å²) >= 11 is 5.98. The third kappa shape index (κ3) is 4.03. The number of carbonyl (C=O) groups excluding carboxylic acids is 1. The number of amides is 1. The number of nitrogens with one attached hydrogen (secondary N) is 1. The Balaban J connectivity index is 1.67. The van der Waals surface area contributed by atoms with Gasteiger partial charge in [0.05, 0.1) is 11.1 Å². The molecule has 4 aromatic rings. The molecule has 34 heavy (non-hydrogen) atoms. The van der Waals surface area contributed by atoms with Crippen molar-refractivity contribution in [3.8, 4) is 17.1 Å². The number of likely N-dealkylation sites (N-methyl/N-ethyl adjacent to an activating group) is 1. The Labute approximate surface area is 197 Å².